The first-order valence-corrected chi connectivity index (χ1v) is 6.95. The smallest absolute Gasteiger partial charge is 0.253 e. The standard InChI is InChI=1S/C15H23NO3/c1-4-15(2,3)12(17)8-6-5-7-11-16-13(18)9-10-14(16)19/h9-10H,4-8,11H2,1-3H3. The van der Waals surface area contributed by atoms with Crippen molar-refractivity contribution in [3.8, 4) is 0 Å². The fourth-order valence-electron chi connectivity index (χ4n) is 1.92. The number of imide groups is 1. The third kappa shape index (κ3) is 4.30. The topological polar surface area (TPSA) is 54.5 Å². The minimum atomic E-state index is -0.231. The number of carbonyl (C=O) groups excluding carboxylic acids is 3. The minimum Gasteiger partial charge on any atom is -0.299 e. The molecule has 1 aliphatic rings. The first-order chi connectivity index (χ1) is 8.88. The van der Waals surface area contributed by atoms with Gasteiger partial charge in [-0.1, -0.05) is 27.2 Å². The van der Waals surface area contributed by atoms with Crippen LogP contribution in [0.3, 0.4) is 0 Å². The van der Waals surface area contributed by atoms with Crippen molar-refractivity contribution in [3.05, 3.63) is 12.2 Å². The summed E-state index contributed by atoms with van der Waals surface area (Å²) in [5, 5.41) is 0. The molecule has 0 aromatic heterocycles. The van der Waals surface area contributed by atoms with Crippen LogP contribution in [0.25, 0.3) is 0 Å². The van der Waals surface area contributed by atoms with Gasteiger partial charge in [0.2, 0.25) is 0 Å². The molecule has 0 spiro atoms. The van der Waals surface area contributed by atoms with Gasteiger partial charge in [-0.3, -0.25) is 19.3 Å². The molecule has 0 N–H and O–H groups in total. The van der Waals surface area contributed by atoms with Crippen molar-refractivity contribution < 1.29 is 14.4 Å². The van der Waals surface area contributed by atoms with Crippen molar-refractivity contribution >= 4 is 17.6 Å². The van der Waals surface area contributed by atoms with Crippen LogP contribution in [0.1, 0.15) is 52.9 Å². The lowest BCUT2D eigenvalue weighted by atomic mass is 9.83. The molecule has 19 heavy (non-hydrogen) atoms. The first-order valence-electron chi connectivity index (χ1n) is 6.95. The molecule has 2 amide bonds. The summed E-state index contributed by atoms with van der Waals surface area (Å²) in [4.78, 5) is 35.7. The average Bonchev–Trinajstić information content (AvgIpc) is 2.69. The van der Waals surface area contributed by atoms with Crippen LogP contribution in [0.2, 0.25) is 0 Å². The Bertz CT molecular complexity index is 378. The molecule has 1 rings (SSSR count). The van der Waals surface area contributed by atoms with E-state index in [2.05, 4.69) is 0 Å². The van der Waals surface area contributed by atoms with Gasteiger partial charge in [-0.15, -0.1) is 0 Å². The molecular weight excluding hydrogens is 242 g/mol. The van der Waals surface area contributed by atoms with Crippen LogP contribution in [0, 0.1) is 5.41 Å². The molecular formula is C15H23NO3. The predicted octanol–water partition coefficient (Wildman–Crippen LogP) is 2.48. The zero-order valence-corrected chi connectivity index (χ0v) is 12.1. The minimum absolute atomic E-state index is 0.229. The van der Waals surface area contributed by atoms with Crippen LogP contribution in [-0.2, 0) is 14.4 Å². The van der Waals surface area contributed by atoms with Crippen molar-refractivity contribution in [2.45, 2.75) is 52.9 Å². The highest BCUT2D eigenvalue weighted by molar-refractivity contribution is 6.12. The van der Waals surface area contributed by atoms with Crippen LogP contribution in [0.4, 0.5) is 0 Å². The Hall–Kier alpha value is -1.45. The molecule has 0 bridgehead atoms. The third-order valence-corrected chi connectivity index (χ3v) is 3.82. The molecule has 0 radical (unpaired) electrons. The van der Waals surface area contributed by atoms with Gasteiger partial charge in [0.1, 0.15) is 5.78 Å². The molecule has 0 atom stereocenters. The second-order valence-electron chi connectivity index (χ2n) is 5.63. The maximum Gasteiger partial charge on any atom is 0.253 e. The van der Waals surface area contributed by atoms with Crippen LogP contribution >= 0.6 is 0 Å². The van der Waals surface area contributed by atoms with Gasteiger partial charge >= 0.3 is 0 Å². The van der Waals surface area contributed by atoms with Crippen LogP contribution < -0.4 is 0 Å². The second kappa shape index (κ2) is 6.64. The van der Waals surface area contributed by atoms with E-state index in [1.165, 1.54) is 17.1 Å². The predicted molar refractivity (Wildman–Crippen MR) is 73.4 cm³/mol. The normalized spacial score (nSPS) is 15.4. The second-order valence-corrected chi connectivity index (χ2v) is 5.63. The van der Waals surface area contributed by atoms with Gasteiger partial charge in [-0.25, -0.2) is 0 Å². The fourth-order valence-corrected chi connectivity index (χ4v) is 1.92. The van der Waals surface area contributed by atoms with Gasteiger partial charge in [0.05, 0.1) is 0 Å². The van der Waals surface area contributed by atoms with Gasteiger partial charge in [0.25, 0.3) is 11.8 Å². The fraction of sp³-hybridized carbons (Fsp3) is 0.667. The van der Waals surface area contributed by atoms with E-state index in [4.69, 9.17) is 0 Å². The number of hydrogen-bond acceptors (Lipinski definition) is 3. The zero-order chi connectivity index (χ0) is 14.5. The molecule has 106 valence electrons. The molecule has 0 aliphatic carbocycles. The number of carbonyl (C=O) groups is 3. The monoisotopic (exact) mass is 265 g/mol. The molecule has 0 unspecified atom stereocenters. The molecule has 0 saturated heterocycles. The molecule has 0 fully saturated rings. The Labute approximate surface area is 114 Å². The number of amides is 2. The highest BCUT2D eigenvalue weighted by Crippen LogP contribution is 2.23. The first kappa shape index (κ1) is 15.6. The maximum atomic E-state index is 11.9. The van der Waals surface area contributed by atoms with E-state index in [0.29, 0.717) is 18.7 Å². The highest BCUT2D eigenvalue weighted by atomic mass is 16.2. The molecule has 4 nitrogen and oxygen atoms in total. The van der Waals surface area contributed by atoms with E-state index >= 15 is 0 Å². The van der Waals surface area contributed by atoms with Gasteiger partial charge in [-0.2, -0.15) is 0 Å². The Morgan fingerprint density at radius 3 is 2.21 bits per heavy atom. The summed E-state index contributed by atoms with van der Waals surface area (Å²) in [6.45, 7) is 6.43. The number of hydrogen-bond donors (Lipinski definition) is 0. The van der Waals surface area contributed by atoms with E-state index in [-0.39, 0.29) is 17.2 Å². The van der Waals surface area contributed by atoms with Crippen molar-refractivity contribution in [2.24, 2.45) is 5.41 Å². The van der Waals surface area contributed by atoms with E-state index in [1.54, 1.807) is 0 Å². The Balaban J connectivity index is 2.17. The zero-order valence-electron chi connectivity index (χ0n) is 12.1. The Kier molecular flexibility index (Phi) is 5.45. The van der Waals surface area contributed by atoms with Crippen molar-refractivity contribution in [1.82, 2.24) is 4.90 Å². The van der Waals surface area contributed by atoms with E-state index in [1.807, 2.05) is 20.8 Å². The van der Waals surface area contributed by atoms with E-state index in [0.717, 1.165) is 25.7 Å². The van der Waals surface area contributed by atoms with Gasteiger partial charge in [0.15, 0.2) is 0 Å². The van der Waals surface area contributed by atoms with Gasteiger partial charge in [-0.05, 0) is 19.3 Å². The third-order valence-electron chi connectivity index (χ3n) is 3.82. The summed E-state index contributed by atoms with van der Waals surface area (Å²) >= 11 is 0. The largest absolute Gasteiger partial charge is 0.299 e. The number of Topliss-reactive ketones (excluding diaryl/α,β-unsaturated/α-hetero) is 1. The number of ketones is 1. The molecule has 1 heterocycles. The van der Waals surface area contributed by atoms with Gasteiger partial charge < -0.3 is 0 Å². The molecule has 0 aromatic carbocycles. The lowest BCUT2D eigenvalue weighted by Gasteiger charge is -2.20. The Morgan fingerprint density at radius 1 is 1.11 bits per heavy atom. The Morgan fingerprint density at radius 2 is 1.68 bits per heavy atom. The van der Waals surface area contributed by atoms with Crippen molar-refractivity contribution in [1.29, 1.82) is 0 Å². The van der Waals surface area contributed by atoms with Crippen molar-refractivity contribution in [2.75, 3.05) is 6.54 Å². The summed E-state index contributed by atoms with van der Waals surface area (Å²) in [6.07, 6.45) is 6.49. The van der Waals surface area contributed by atoms with Crippen LogP contribution in [0.15, 0.2) is 12.2 Å². The molecule has 1 aliphatic heterocycles. The SMILES string of the molecule is CCC(C)(C)C(=O)CCCCCN1C(=O)C=CC1=O. The molecule has 0 saturated carbocycles. The molecule has 4 heteroatoms. The number of unbranched alkanes of at least 4 members (excludes halogenated alkanes) is 2. The van der Waals surface area contributed by atoms with E-state index < -0.39 is 0 Å². The lowest BCUT2D eigenvalue weighted by Crippen LogP contribution is -2.30. The number of rotatable bonds is 8. The number of nitrogens with zero attached hydrogens (tertiary/aromatic N) is 1. The summed E-state index contributed by atoms with van der Waals surface area (Å²) in [6, 6.07) is 0. The quantitative estimate of drug-likeness (QED) is 0.500. The van der Waals surface area contributed by atoms with E-state index in [9.17, 15) is 14.4 Å². The average molecular weight is 265 g/mol. The molecule has 0 aromatic rings. The summed E-state index contributed by atoms with van der Waals surface area (Å²) < 4.78 is 0. The summed E-state index contributed by atoms with van der Waals surface area (Å²) in [5.41, 5.74) is -0.231. The lowest BCUT2D eigenvalue weighted by molar-refractivity contribution is -0.137. The summed E-state index contributed by atoms with van der Waals surface area (Å²) in [7, 11) is 0. The van der Waals surface area contributed by atoms with Crippen molar-refractivity contribution in [3.63, 3.8) is 0 Å². The summed E-state index contributed by atoms with van der Waals surface area (Å²) in [5.74, 6) is -0.161. The van der Waals surface area contributed by atoms with Gasteiger partial charge in [0, 0.05) is 30.5 Å². The van der Waals surface area contributed by atoms with Crippen LogP contribution in [-0.4, -0.2) is 29.0 Å². The van der Waals surface area contributed by atoms with Crippen LogP contribution in [0.5, 0.6) is 0 Å². The highest BCUT2D eigenvalue weighted by Gasteiger charge is 2.24. The maximum absolute atomic E-state index is 11.9.